The van der Waals surface area contributed by atoms with Gasteiger partial charge in [0.2, 0.25) is 5.56 Å². The maximum absolute atomic E-state index is 13.0. The first-order valence-electron chi connectivity index (χ1n) is 17.7. The van der Waals surface area contributed by atoms with Gasteiger partial charge in [-0.3, -0.25) is 14.5 Å². The van der Waals surface area contributed by atoms with Gasteiger partial charge >= 0.3 is 24.3 Å². The quantitative estimate of drug-likeness (QED) is 0.101. The van der Waals surface area contributed by atoms with Gasteiger partial charge < -0.3 is 40.4 Å². The number of rotatable bonds is 9. The fourth-order valence-corrected chi connectivity index (χ4v) is 6.85. The van der Waals surface area contributed by atoms with Crippen LogP contribution in [0.4, 0.5) is 26.3 Å². The van der Waals surface area contributed by atoms with Crippen LogP contribution in [-0.2, 0) is 27.3 Å². The van der Waals surface area contributed by atoms with Crippen LogP contribution in [0.25, 0.3) is 10.9 Å². The number of carboxylic acid groups (broad SMARTS) is 2. The number of phenols is 1. The summed E-state index contributed by atoms with van der Waals surface area (Å²) < 4.78 is 69.7. The second-order valence-corrected chi connectivity index (χ2v) is 14.5. The van der Waals surface area contributed by atoms with Crippen molar-refractivity contribution >= 4 is 40.1 Å². The number of H-pyrrole nitrogens is 1. The van der Waals surface area contributed by atoms with Crippen molar-refractivity contribution in [1.82, 2.24) is 25.1 Å². The lowest BCUT2D eigenvalue weighted by Gasteiger charge is -2.47. The smallest absolute Gasteiger partial charge is 0.490 e. The lowest BCUT2D eigenvalue weighted by molar-refractivity contribution is -0.193. The number of aliphatic carboxylic acids is 2. The number of aromatic hydroxyl groups is 1. The summed E-state index contributed by atoms with van der Waals surface area (Å²) in [5.41, 5.74) is 3.45. The Morgan fingerprint density at radius 3 is 2.12 bits per heavy atom. The number of aliphatic hydroxyl groups excluding tert-OH is 1. The predicted octanol–water partition coefficient (Wildman–Crippen LogP) is 4.64. The number of pyridine rings is 1. The summed E-state index contributed by atoms with van der Waals surface area (Å²) in [6, 6.07) is 14.9. The number of fused-ring (bicyclic) bond motifs is 1. The molecule has 14 nitrogen and oxygen atoms in total. The van der Waals surface area contributed by atoms with Crippen LogP contribution < -0.4 is 10.9 Å². The summed E-state index contributed by atoms with van der Waals surface area (Å²) in [6.45, 7) is 7.53. The number of likely N-dealkylation sites (tertiary alicyclic amines) is 1. The standard InChI is InChI=1S/C33H39N5O5S.2C2HF3O2/c1-22-35-27(20-44-22)32(42)38-16-17-43-33(21-38)11-14-37(15-12-33)19-24-4-2-23(3-5-24)10-13-34-18-29(40)25-6-8-28(39)31-26(25)7-9-30(41)36-31;2*3-2(4,5)1(6)7/h2-9,20,29,34,39-40H,10-19,21H2,1H3,(H,36,41);2*(H,6,7)/t29-;;/m0../s1. The molecule has 1 atom stereocenters. The zero-order valence-electron chi connectivity index (χ0n) is 30.9. The number of ether oxygens (including phenoxy) is 1. The van der Waals surface area contributed by atoms with Crippen LogP contribution in [0.3, 0.4) is 0 Å². The van der Waals surface area contributed by atoms with E-state index in [4.69, 9.17) is 24.5 Å². The van der Waals surface area contributed by atoms with Gasteiger partial charge in [0.05, 0.1) is 35.4 Å². The molecule has 6 N–H and O–H groups in total. The lowest BCUT2D eigenvalue weighted by atomic mass is 9.89. The van der Waals surface area contributed by atoms with Gasteiger partial charge in [-0.2, -0.15) is 26.3 Å². The van der Waals surface area contributed by atoms with Crippen molar-refractivity contribution < 1.29 is 65.9 Å². The molecule has 0 aliphatic carbocycles. The third kappa shape index (κ3) is 13.0. The molecule has 0 bridgehead atoms. The maximum atomic E-state index is 13.0. The molecule has 2 aliphatic heterocycles. The number of carbonyl (C=O) groups excluding carboxylic acids is 1. The number of benzene rings is 2. The summed E-state index contributed by atoms with van der Waals surface area (Å²) in [6.07, 6.45) is -8.31. The molecule has 2 fully saturated rings. The van der Waals surface area contributed by atoms with Gasteiger partial charge in [0.1, 0.15) is 11.4 Å². The van der Waals surface area contributed by atoms with Gasteiger partial charge in [0.25, 0.3) is 5.91 Å². The maximum Gasteiger partial charge on any atom is 0.490 e. The van der Waals surface area contributed by atoms with E-state index in [9.17, 15) is 46.1 Å². The van der Waals surface area contributed by atoms with Crippen LogP contribution in [0.15, 0.2) is 58.7 Å². The molecular formula is C37H41F6N5O9S. The molecule has 0 unspecified atom stereocenters. The van der Waals surface area contributed by atoms with E-state index in [2.05, 4.69) is 44.5 Å². The van der Waals surface area contributed by atoms with Gasteiger partial charge in [-0.15, -0.1) is 11.3 Å². The number of aryl methyl sites for hydroxylation is 1. The van der Waals surface area contributed by atoms with E-state index in [-0.39, 0.29) is 22.8 Å². The fourth-order valence-electron chi connectivity index (χ4n) is 6.26. The molecule has 4 aromatic rings. The number of phenolic OH excluding ortho intramolecular Hbond substituents is 1. The van der Waals surface area contributed by atoms with E-state index in [0.717, 1.165) is 43.9 Å². The minimum Gasteiger partial charge on any atom is -0.506 e. The molecule has 21 heteroatoms. The van der Waals surface area contributed by atoms with Crippen molar-refractivity contribution in [2.75, 3.05) is 45.9 Å². The number of hydrogen-bond acceptors (Lipinski definition) is 11. The highest BCUT2D eigenvalue weighted by Crippen LogP contribution is 2.32. The third-order valence-corrected chi connectivity index (χ3v) is 10.0. The first-order valence-corrected chi connectivity index (χ1v) is 18.5. The molecule has 4 heterocycles. The SMILES string of the molecule is Cc1nc(C(=O)N2CCOC3(CCN(Cc4ccc(CCNC[C@H](O)c5ccc(O)c6[nH]c(=O)ccc56)cc4)CC3)C2)cs1.O=C(O)C(F)(F)F.O=C(O)C(F)(F)F. The molecule has 58 heavy (non-hydrogen) atoms. The highest BCUT2D eigenvalue weighted by Gasteiger charge is 2.42. The minimum atomic E-state index is -5.08. The molecule has 2 saturated heterocycles. The Labute approximate surface area is 330 Å². The van der Waals surface area contributed by atoms with Crippen LogP contribution in [0, 0.1) is 6.92 Å². The fraction of sp³-hybridized carbons (Fsp3) is 0.432. The summed E-state index contributed by atoms with van der Waals surface area (Å²) >= 11 is 1.51. The van der Waals surface area contributed by atoms with Crippen molar-refractivity contribution in [2.24, 2.45) is 0 Å². The van der Waals surface area contributed by atoms with Crippen LogP contribution in [0.2, 0.25) is 0 Å². The first-order chi connectivity index (χ1) is 27.2. The second-order valence-electron chi connectivity index (χ2n) is 13.5. The Morgan fingerprint density at radius 1 is 0.948 bits per heavy atom. The number of aromatic nitrogens is 2. The number of hydrogen-bond donors (Lipinski definition) is 6. The largest absolute Gasteiger partial charge is 0.506 e. The van der Waals surface area contributed by atoms with Crippen LogP contribution >= 0.6 is 11.3 Å². The first kappa shape index (κ1) is 45.6. The topological polar surface area (TPSA) is 206 Å². The van der Waals surface area contributed by atoms with Gasteiger partial charge in [0.15, 0.2) is 0 Å². The highest BCUT2D eigenvalue weighted by molar-refractivity contribution is 7.09. The molecule has 2 aliphatic rings. The second kappa shape index (κ2) is 19.6. The number of aromatic amines is 1. The highest BCUT2D eigenvalue weighted by atomic mass is 32.1. The zero-order chi connectivity index (χ0) is 42.8. The molecule has 0 radical (unpaired) electrons. The van der Waals surface area contributed by atoms with E-state index in [1.165, 1.54) is 34.6 Å². The number of nitrogens with zero attached hydrogens (tertiary/aromatic N) is 3. The molecule has 316 valence electrons. The molecule has 0 saturated carbocycles. The Balaban J connectivity index is 0.000000456. The van der Waals surface area contributed by atoms with E-state index >= 15 is 0 Å². The number of morpholine rings is 1. The van der Waals surface area contributed by atoms with Crippen molar-refractivity contribution in [1.29, 1.82) is 0 Å². The Kier molecular flexibility index (Phi) is 15.4. The van der Waals surface area contributed by atoms with Crippen molar-refractivity contribution in [2.45, 2.75) is 56.8 Å². The molecule has 1 amide bonds. The van der Waals surface area contributed by atoms with Crippen LogP contribution in [0.5, 0.6) is 5.75 Å². The minimum absolute atomic E-state index is 0.00974. The molecule has 2 aromatic heterocycles. The third-order valence-electron chi connectivity index (χ3n) is 9.25. The average Bonchev–Trinajstić information content (AvgIpc) is 3.61. The molecule has 1 spiro atoms. The number of halogens is 6. The number of thiazole rings is 1. The number of nitrogens with one attached hydrogen (secondary N) is 2. The summed E-state index contributed by atoms with van der Waals surface area (Å²) in [7, 11) is 0. The zero-order valence-corrected chi connectivity index (χ0v) is 31.7. The number of carbonyl (C=O) groups is 3. The van der Waals surface area contributed by atoms with Crippen molar-refractivity contribution in [3.05, 3.63) is 91.7 Å². The summed E-state index contributed by atoms with van der Waals surface area (Å²) in [5.74, 6) is -5.52. The monoisotopic (exact) mass is 845 g/mol. The van der Waals surface area contributed by atoms with Gasteiger partial charge in [-0.1, -0.05) is 30.3 Å². The number of piperidine rings is 1. The Morgan fingerprint density at radius 2 is 1.55 bits per heavy atom. The van der Waals surface area contributed by atoms with Crippen molar-refractivity contribution in [3.63, 3.8) is 0 Å². The summed E-state index contributed by atoms with van der Waals surface area (Å²) in [5, 5.41) is 41.8. The van der Waals surface area contributed by atoms with E-state index in [0.29, 0.717) is 54.9 Å². The van der Waals surface area contributed by atoms with Crippen LogP contribution in [0.1, 0.15) is 51.1 Å². The molecule has 6 rings (SSSR count). The number of amides is 1. The summed E-state index contributed by atoms with van der Waals surface area (Å²) in [4.78, 5) is 53.8. The van der Waals surface area contributed by atoms with Crippen molar-refractivity contribution in [3.8, 4) is 5.75 Å². The Hall–Kier alpha value is -5.09. The van der Waals surface area contributed by atoms with E-state index in [1.54, 1.807) is 12.1 Å². The van der Waals surface area contributed by atoms with Gasteiger partial charge in [0, 0.05) is 49.6 Å². The number of carboxylic acids is 2. The lowest BCUT2D eigenvalue weighted by Crippen LogP contribution is -2.58. The van der Waals surface area contributed by atoms with E-state index < -0.39 is 30.4 Å². The normalized spacial score (nSPS) is 16.2. The van der Waals surface area contributed by atoms with Gasteiger partial charge in [-0.05, 0) is 61.6 Å². The van der Waals surface area contributed by atoms with Gasteiger partial charge in [-0.25, -0.2) is 14.6 Å². The average molecular weight is 846 g/mol. The predicted molar refractivity (Wildman–Crippen MR) is 198 cm³/mol. The van der Waals surface area contributed by atoms with E-state index in [1.807, 2.05) is 17.2 Å². The Bertz CT molecular complexity index is 2060. The number of aliphatic hydroxyl groups is 1. The number of alkyl halides is 6. The molecule has 2 aromatic carbocycles. The van der Waals surface area contributed by atoms with Crippen LogP contribution in [-0.4, -0.2) is 122 Å². The molecular weight excluding hydrogens is 804 g/mol.